The third-order valence-corrected chi connectivity index (χ3v) is 6.01. The van der Waals surface area contributed by atoms with Crippen LogP contribution in [0.3, 0.4) is 0 Å². The Hall–Kier alpha value is -1.47. The van der Waals surface area contributed by atoms with Crippen LogP contribution >= 0.6 is 0 Å². The van der Waals surface area contributed by atoms with Crippen LogP contribution in [0.15, 0.2) is 29.2 Å². The number of hydrogen-bond acceptors (Lipinski definition) is 3. The zero-order valence-corrected chi connectivity index (χ0v) is 14.2. The van der Waals surface area contributed by atoms with Crippen LogP contribution < -0.4 is 0 Å². The summed E-state index contributed by atoms with van der Waals surface area (Å²) in [6.45, 7) is 3.09. The lowest BCUT2D eigenvalue weighted by Crippen LogP contribution is -2.43. The fourth-order valence-corrected chi connectivity index (χ4v) is 4.09. The molecule has 1 fully saturated rings. The molecule has 0 unspecified atom stereocenters. The van der Waals surface area contributed by atoms with Crippen LogP contribution in [0.1, 0.15) is 32.6 Å². The first-order valence-electron chi connectivity index (χ1n) is 7.98. The normalized spacial score (nSPS) is 16.4. The van der Waals surface area contributed by atoms with Crippen molar-refractivity contribution in [1.29, 1.82) is 0 Å². The van der Waals surface area contributed by atoms with Gasteiger partial charge in [0.25, 0.3) is 0 Å². The van der Waals surface area contributed by atoms with E-state index >= 15 is 0 Å². The van der Waals surface area contributed by atoms with Crippen LogP contribution in [-0.4, -0.2) is 49.7 Å². The van der Waals surface area contributed by atoms with Gasteiger partial charge in [-0.2, -0.15) is 4.31 Å². The fraction of sp³-hybridized carbons (Fsp3) is 0.562. The van der Waals surface area contributed by atoms with Gasteiger partial charge in [-0.05, 0) is 37.1 Å². The Kier molecular flexibility index (Phi) is 6.12. The minimum atomic E-state index is -3.79. The molecule has 0 atom stereocenters. The highest BCUT2D eigenvalue weighted by Crippen LogP contribution is 2.17. The third-order valence-electron chi connectivity index (χ3n) is 4.07. The largest absolute Gasteiger partial charge is 0.342 e. The molecule has 0 aromatic heterocycles. The molecule has 1 amide bonds. The predicted molar refractivity (Wildman–Crippen MR) is 85.9 cm³/mol. The van der Waals surface area contributed by atoms with E-state index in [9.17, 15) is 17.6 Å². The van der Waals surface area contributed by atoms with Crippen molar-refractivity contribution in [2.24, 2.45) is 0 Å². The second-order valence-corrected chi connectivity index (χ2v) is 7.62. The molecule has 0 radical (unpaired) electrons. The number of rotatable bonds is 5. The van der Waals surface area contributed by atoms with E-state index < -0.39 is 15.8 Å². The van der Waals surface area contributed by atoms with Gasteiger partial charge in [0, 0.05) is 19.6 Å². The first-order valence-corrected chi connectivity index (χ1v) is 9.42. The molecular weight excluding hydrogens is 319 g/mol. The van der Waals surface area contributed by atoms with E-state index in [-0.39, 0.29) is 23.9 Å². The third kappa shape index (κ3) is 4.51. The molecule has 1 heterocycles. The highest BCUT2D eigenvalue weighted by molar-refractivity contribution is 7.89. The van der Waals surface area contributed by atoms with Crippen LogP contribution in [0.5, 0.6) is 0 Å². The number of hydrogen-bond donors (Lipinski definition) is 0. The van der Waals surface area contributed by atoms with E-state index in [0.29, 0.717) is 13.1 Å². The van der Waals surface area contributed by atoms with Gasteiger partial charge in [-0.15, -0.1) is 0 Å². The second kappa shape index (κ2) is 7.88. The molecule has 23 heavy (non-hydrogen) atoms. The quantitative estimate of drug-likeness (QED) is 0.824. The molecule has 1 saturated heterocycles. The number of benzene rings is 1. The molecular formula is C16H23FN2O3S. The maximum absolute atomic E-state index is 13.0. The SMILES string of the molecule is CCN(CC(=O)N1CCCCCC1)S(=O)(=O)c1ccc(F)cc1. The van der Waals surface area contributed by atoms with Crippen molar-refractivity contribution in [3.05, 3.63) is 30.1 Å². The average molecular weight is 342 g/mol. The van der Waals surface area contributed by atoms with Gasteiger partial charge in [0.15, 0.2) is 0 Å². The number of halogens is 1. The zero-order valence-electron chi connectivity index (χ0n) is 13.4. The first-order chi connectivity index (χ1) is 10.9. The van der Waals surface area contributed by atoms with Crippen molar-refractivity contribution in [3.63, 3.8) is 0 Å². The van der Waals surface area contributed by atoms with Gasteiger partial charge >= 0.3 is 0 Å². The summed E-state index contributed by atoms with van der Waals surface area (Å²) in [5.41, 5.74) is 0. The van der Waals surface area contributed by atoms with Crippen molar-refractivity contribution < 1.29 is 17.6 Å². The van der Waals surface area contributed by atoms with Gasteiger partial charge in [0.05, 0.1) is 11.4 Å². The Balaban J connectivity index is 2.11. The van der Waals surface area contributed by atoms with Crippen LogP contribution in [0, 0.1) is 5.82 Å². The molecule has 7 heteroatoms. The molecule has 5 nitrogen and oxygen atoms in total. The maximum Gasteiger partial charge on any atom is 0.243 e. The van der Waals surface area contributed by atoms with Crippen LogP contribution in [0.4, 0.5) is 4.39 Å². The fourth-order valence-electron chi connectivity index (χ4n) is 2.69. The molecule has 2 rings (SSSR count). The molecule has 1 aliphatic heterocycles. The summed E-state index contributed by atoms with van der Waals surface area (Å²) in [4.78, 5) is 14.2. The van der Waals surface area contributed by atoms with Gasteiger partial charge in [0.1, 0.15) is 5.82 Å². The minimum absolute atomic E-state index is 0.00409. The van der Waals surface area contributed by atoms with E-state index in [2.05, 4.69) is 0 Å². The maximum atomic E-state index is 13.0. The number of sulfonamides is 1. The average Bonchev–Trinajstić information content (AvgIpc) is 2.82. The van der Waals surface area contributed by atoms with Gasteiger partial charge in [0.2, 0.25) is 15.9 Å². The van der Waals surface area contributed by atoms with Crippen molar-refractivity contribution >= 4 is 15.9 Å². The molecule has 0 saturated carbocycles. The monoisotopic (exact) mass is 342 g/mol. The lowest BCUT2D eigenvalue weighted by atomic mass is 10.2. The minimum Gasteiger partial charge on any atom is -0.342 e. The lowest BCUT2D eigenvalue weighted by molar-refractivity contribution is -0.131. The number of carbonyl (C=O) groups excluding carboxylic acids is 1. The van der Waals surface area contributed by atoms with Crippen molar-refractivity contribution in [2.45, 2.75) is 37.5 Å². The van der Waals surface area contributed by atoms with Crippen molar-refractivity contribution in [2.75, 3.05) is 26.2 Å². The summed E-state index contributed by atoms with van der Waals surface area (Å²) >= 11 is 0. The topological polar surface area (TPSA) is 57.7 Å². The standard InChI is InChI=1S/C16H23FN2O3S/c1-2-19(13-16(20)18-11-5-3-4-6-12-18)23(21,22)15-9-7-14(17)8-10-15/h7-10H,2-6,11-13H2,1H3. The molecule has 1 aromatic rings. The number of likely N-dealkylation sites (tertiary alicyclic amines) is 1. The Labute approximate surface area is 137 Å². The smallest absolute Gasteiger partial charge is 0.243 e. The van der Waals surface area contributed by atoms with Crippen LogP contribution in [0.2, 0.25) is 0 Å². The number of amides is 1. The summed E-state index contributed by atoms with van der Waals surface area (Å²) in [5, 5.41) is 0. The zero-order chi connectivity index (χ0) is 16.9. The number of nitrogens with zero attached hydrogens (tertiary/aromatic N) is 2. The Morgan fingerprint density at radius 3 is 2.22 bits per heavy atom. The predicted octanol–water partition coefficient (Wildman–Crippen LogP) is 2.24. The first kappa shape index (κ1) is 17.9. The van der Waals surface area contributed by atoms with Crippen LogP contribution in [-0.2, 0) is 14.8 Å². The number of likely N-dealkylation sites (N-methyl/N-ethyl adjacent to an activating group) is 1. The summed E-state index contributed by atoms with van der Waals surface area (Å²) in [7, 11) is -3.79. The van der Waals surface area contributed by atoms with E-state index in [0.717, 1.165) is 42.1 Å². The highest BCUT2D eigenvalue weighted by atomic mass is 32.2. The lowest BCUT2D eigenvalue weighted by Gasteiger charge is -2.25. The van der Waals surface area contributed by atoms with Gasteiger partial charge in [-0.25, -0.2) is 12.8 Å². The van der Waals surface area contributed by atoms with Crippen LogP contribution in [0.25, 0.3) is 0 Å². The molecule has 0 spiro atoms. The molecule has 0 bridgehead atoms. The summed E-state index contributed by atoms with van der Waals surface area (Å²) < 4.78 is 39.3. The molecule has 0 aliphatic carbocycles. The van der Waals surface area contributed by atoms with E-state index in [1.54, 1.807) is 11.8 Å². The molecule has 128 valence electrons. The highest BCUT2D eigenvalue weighted by Gasteiger charge is 2.27. The van der Waals surface area contributed by atoms with Gasteiger partial charge < -0.3 is 4.90 Å². The Bertz CT molecular complexity index is 623. The molecule has 1 aromatic carbocycles. The number of carbonyl (C=O) groups is 1. The summed E-state index contributed by atoms with van der Waals surface area (Å²) in [6, 6.07) is 4.67. The van der Waals surface area contributed by atoms with E-state index in [4.69, 9.17) is 0 Å². The van der Waals surface area contributed by atoms with E-state index in [1.807, 2.05) is 0 Å². The van der Waals surface area contributed by atoms with E-state index in [1.165, 1.54) is 12.1 Å². The molecule has 1 aliphatic rings. The summed E-state index contributed by atoms with van der Waals surface area (Å²) in [5.74, 6) is -0.660. The Morgan fingerprint density at radius 1 is 1.13 bits per heavy atom. The second-order valence-electron chi connectivity index (χ2n) is 5.68. The van der Waals surface area contributed by atoms with Crippen molar-refractivity contribution in [1.82, 2.24) is 9.21 Å². The summed E-state index contributed by atoms with van der Waals surface area (Å²) in [6.07, 6.45) is 4.13. The Morgan fingerprint density at radius 2 is 1.70 bits per heavy atom. The van der Waals surface area contributed by atoms with Gasteiger partial charge in [-0.3, -0.25) is 4.79 Å². The van der Waals surface area contributed by atoms with Gasteiger partial charge in [-0.1, -0.05) is 19.8 Å². The van der Waals surface area contributed by atoms with Crippen molar-refractivity contribution in [3.8, 4) is 0 Å². The molecule has 0 N–H and O–H groups in total.